The quantitative estimate of drug-likeness (QED) is 0.296. The fourth-order valence-electron chi connectivity index (χ4n) is 3.24. The number of aliphatic carboxylic acids is 1. The zero-order valence-electron chi connectivity index (χ0n) is 18.7. The SMILES string of the molecule is O=C(O)CC(NC(=O)CNC(=O)OCCNc1ccccn1)c1ccc(-c2cccc(Cl)c2)cc1. The zero-order chi connectivity index (χ0) is 25.0. The lowest BCUT2D eigenvalue weighted by Gasteiger charge is -2.18. The minimum atomic E-state index is -1.07. The van der Waals surface area contributed by atoms with Crippen LogP contribution in [0.15, 0.2) is 72.9 Å². The Labute approximate surface area is 207 Å². The molecule has 182 valence electrons. The van der Waals surface area contributed by atoms with Gasteiger partial charge < -0.3 is 25.8 Å². The maximum absolute atomic E-state index is 12.3. The molecule has 2 aromatic carbocycles. The average molecular weight is 497 g/mol. The van der Waals surface area contributed by atoms with Crippen LogP contribution < -0.4 is 16.0 Å². The number of carboxylic acid groups (broad SMARTS) is 1. The highest BCUT2D eigenvalue weighted by atomic mass is 35.5. The van der Waals surface area contributed by atoms with E-state index in [2.05, 4.69) is 20.9 Å². The van der Waals surface area contributed by atoms with Crippen LogP contribution in [0, 0.1) is 0 Å². The molecule has 3 rings (SSSR count). The molecule has 0 saturated carbocycles. The van der Waals surface area contributed by atoms with Crippen molar-refractivity contribution in [2.75, 3.05) is 25.0 Å². The lowest BCUT2D eigenvalue weighted by atomic mass is 9.99. The number of nitrogens with zero attached hydrogens (tertiary/aromatic N) is 1. The lowest BCUT2D eigenvalue weighted by molar-refractivity contribution is -0.137. The molecule has 1 unspecified atom stereocenters. The second-order valence-electron chi connectivity index (χ2n) is 7.48. The standard InChI is InChI=1S/C25H25ClN4O5/c26-20-5-3-4-19(14-20)17-7-9-18(10-8-17)21(15-24(32)33)30-23(31)16-29-25(34)35-13-12-28-22-6-1-2-11-27-22/h1-11,14,21H,12-13,15-16H2,(H,27,28)(H,29,34)(H,30,31)(H,32,33). The number of carbonyl (C=O) groups is 3. The van der Waals surface area contributed by atoms with Crippen molar-refractivity contribution in [1.82, 2.24) is 15.6 Å². The minimum Gasteiger partial charge on any atom is -0.481 e. The number of ether oxygens (including phenoxy) is 1. The van der Waals surface area contributed by atoms with Crippen LogP contribution in [0.25, 0.3) is 11.1 Å². The predicted octanol–water partition coefficient (Wildman–Crippen LogP) is 3.87. The molecule has 0 aliphatic carbocycles. The van der Waals surface area contributed by atoms with Crippen LogP contribution >= 0.6 is 11.6 Å². The number of aromatic nitrogens is 1. The molecular weight excluding hydrogens is 472 g/mol. The Bertz CT molecular complexity index is 1140. The first-order valence-electron chi connectivity index (χ1n) is 10.8. The summed E-state index contributed by atoms with van der Waals surface area (Å²) in [4.78, 5) is 39.6. The highest BCUT2D eigenvalue weighted by Gasteiger charge is 2.19. The molecule has 0 radical (unpaired) electrons. The van der Waals surface area contributed by atoms with Crippen LogP contribution in [-0.2, 0) is 14.3 Å². The van der Waals surface area contributed by atoms with Gasteiger partial charge in [0.1, 0.15) is 19.0 Å². The van der Waals surface area contributed by atoms with Crippen molar-refractivity contribution in [3.8, 4) is 11.1 Å². The van der Waals surface area contributed by atoms with Crippen LogP contribution in [0.3, 0.4) is 0 Å². The van der Waals surface area contributed by atoms with E-state index in [0.29, 0.717) is 22.9 Å². The molecule has 4 N–H and O–H groups in total. The summed E-state index contributed by atoms with van der Waals surface area (Å²) in [6.45, 7) is 0.0658. The van der Waals surface area contributed by atoms with Crippen LogP contribution in [0.5, 0.6) is 0 Å². The number of pyridine rings is 1. The van der Waals surface area contributed by atoms with Gasteiger partial charge in [-0.2, -0.15) is 0 Å². The van der Waals surface area contributed by atoms with Crippen molar-refractivity contribution in [1.29, 1.82) is 0 Å². The Morgan fingerprint density at radius 1 is 1.00 bits per heavy atom. The number of amides is 2. The monoisotopic (exact) mass is 496 g/mol. The molecule has 2 amide bonds. The Morgan fingerprint density at radius 2 is 1.80 bits per heavy atom. The summed E-state index contributed by atoms with van der Waals surface area (Å²) in [6.07, 6.45) is 0.565. The smallest absolute Gasteiger partial charge is 0.407 e. The number of halogens is 1. The molecule has 0 bridgehead atoms. The highest BCUT2D eigenvalue weighted by Crippen LogP contribution is 2.25. The normalized spacial score (nSPS) is 11.2. The molecule has 0 aliphatic heterocycles. The summed E-state index contributed by atoms with van der Waals surface area (Å²) in [7, 11) is 0. The lowest BCUT2D eigenvalue weighted by Crippen LogP contribution is -2.39. The number of nitrogens with one attached hydrogen (secondary N) is 3. The van der Waals surface area contributed by atoms with Gasteiger partial charge in [-0.05, 0) is 41.0 Å². The van der Waals surface area contributed by atoms with E-state index in [0.717, 1.165) is 11.1 Å². The van der Waals surface area contributed by atoms with E-state index in [1.165, 1.54) is 0 Å². The van der Waals surface area contributed by atoms with Gasteiger partial charge in [0.25, 0.3) is 0 Å². The number of carbonyl (C=O) groups excluding carboxylic acids is 2. The molecular formula is C25H25ClN4O5. The molecule has 1 atom stereocenters. The van der Waals surface area contributed by atoms with Crippen LogP contribution in [0.1, 0.15) is 18.0 Å². The Morgan fingerprint density at radius 3 is 2.49 bits per heavy atom. The predicted molar refractivity (Wildman–Crippen MR) is 132 cm³/mol. The average Bonchev–Trinajstić information content (AvgIpc) is 2.85. The molecule has 0 spiro atoms. The molecule has 35 heavy (non-hydrogen) atoms. The molecule has 10 heteroatoms. The number of rotatable bonds is 11. The van der Waals surface area contributed by atoms with Gasteiger partial charge in [0.2, 0.25) is 5.91 Å². The van der Waals surface area contributed by atoms with Gasteiger partial charge in [0, 0.05) is 11.2 Å². The first-order chi connectivity index (χ1) is 16.9. The molecule has 1 aromatic heterocycles. The number of carboxylic acids is 1. The fraction of sp³-hybridized carbons (Fsp3) is 0.200. The van der Waals surface area contributed by atoms with Crippen molar-refractivity contribution < 1.29 is 24.2 Å². The number of benzene rings is 2. The van der Waals surface area contributed by atoms with E-state index in [4.69, 9.17) is 16.3 Å². The minimum absolute atomic E-state index is 0.0740. The van der Waals surface area contributed by atoms with E-state index >= 15 is 0 Å². The van der Waals surface area contributed by atoms with Crippen LogP contribution in [-0.4, -0.2) is 47.8 Å². The third-order valence-electron chi connectivity index (χ3n) is 4.88. The summed E-state index contributed by atoms with van der Waals surface area (Å²) in [5, 5.41) is 17.9. The Hall–Kier alpha value is -4.11. The number of hydrogen-bond donors (Lipinski definition) is 4. The Balaban J connectivity index is 1.48. The third kappa shape index (κ3) is 8.63. The van der Waals surface area contributed by atoms with Crippen molar-refractivity contribution in [2.45, 2.75) is 12.5 Å². The van der Waals surface area contributed by atoms with Crippen LogP contribution in [0.4, 0.5) is 10.6 Å². The maximum Gasteiger partial charge on any atom is 0.407 e. The van der Waals surface area contributed by atoms with E-state index in [-0.39, 0.29) is 19.6 Å². The summed E-state index contributed by atoms with van der Waals surface area (Å²) in [5.41, 5.74) is 2.44. The second-order valence-corrected chi connectivity index (χ2v) is 7.92. The topological polar surface area (TPSA) is 130 Å². The first-order valence-corrected chi connectivity index (χ1v) is 11.2. The number of hydrogen-bond acceptors (Lipinski definition) is 6. The van der Waals surface area contributed by atoms with E-state index in [9.17, 15) is 19.5 Å². The summed E-state index contributed by atoms with van der Waals surface area (Å²) < 4.78 is 5.01. The van der Waals surface area contributed by atoms with Gasteiger partial charge in [-0.1, -0.05) is 54.1 Å². The molecule has 1 heterocycles. The molecule has 0 aliphatic rings. The molecule has 0 fully saturated rings. The van der Waals surface area contributed by atoms with Gasteiger partial charge in [-0.15, -0.1) is 0 Å². The first kappa shape index (κ1) is 25.5. The second kappa shape index (κ2) is 13.0. The van der Waals surface area contributed by atoms with Gasteiger partial charge in [-0.25, -0.2) is 9.78 Å². The summed E-state index contributed by atoms with van der Waals surface area (Å²) in [5.74, 6) is -0.957. The third-order valence-corrected chi connectivity index (χ3v) is 5.12. The van der Waals surface area contributed by atoms with Gasteiger partial charge >= 0.3 is 12.1 Å². The zero-order valence-corrected chi connectivity index (χ0v) is 19.5. The largest absolute Gasteiger partial charge is 0.481 e. The van der Waals surface area contributed by atoms with Gasteiger partial charge in [0.15, 0.2) is 0 Å². The van der Waals surface area contributed by atoms with Gasteiger partial charge in [0.05, 0.1) is 19.0 Å². The maximum atomic E-state index is 12.3. The number of anilines is 1. The molecule has 3 aromatic rings. The van der Waals surface area contributed by atoms with E-state index in [1.807, 2.05) is 36.4 Å². The van der Waals surface area contributed by atoms with Gasteiger partial charge in [-0.3, -0.25) is 9.59 Å². The summed E-state index contributed by atoms with van der Waals surface area (Å²) in [6, 6.07) is 19.1. The van der Waals surface area contributed by atoms with E-state index in [1.54, 1.807) is 36.5 Å². The van der Waals surface area contributed by atoms with Crippen molar-refractivity contribution in [3.05, 3.63) is 83.5 Å². The van der Waals surface area contributed by atoms with Crippen molar-refractivity contribution in [3.63, 3.8) is 0 Å². The highest BCUT2D eigenvalue weighted by molar-refractivity contribution is 6.30. The van der Waals surface area contributed by atoms with Crippen LogP contribution in [0.2, 0.25) is 5.02 Å². The number of alkyl carbamates (subject to hydrolysis) is 1. The van der Waals surface area contributed by atoms with Crippen molar-refractivity contribution in [2.24, 2.45) is 0 Å². The molecule has 0 saturated heterocycles. The summed E-state index contributed by atoms with van der Waals surface area (Å²) >= 11 is 6.05. The van der Waals surface area contributed by atoms with Crippen molar-refractivity contribution >= 4 is 35.4 Å². The van der Waals surface area contributed by atoms with E-state index < -0.39 is 24.0 Å². The Kier molecular flexibility index (Phi) is 9.44. The molecule has 9 nitrogen and oxygen atoms in total. The fourth-order valence-corrected chi connectivity index (χ4v) is 3.43.